The van der Waals surface area contributed by atoms with Gasteiger partial charge in [-0.1, -0.05) is 44.2 Å². The summed E-state index contributed by atoms with van der Waals surface area (Å²) in [6.45, 7) is 6.38. The third-order valence-electron chi connectivity index (χ3n) is 2.37. The molecule has 1 aromatic carbocycles. The second-order valence-corrected chi connectivity index (χ2v) is 3.81. The van der Waals surface area contributed by atoms with E-state index in [-0.39, 0.29) is 5.57 Å². The summed E-state index contributed by atoms with van der Waals surface area (Å²) in [5.41, 5.74) is 1.57. The first-order valence-corrected chi connectivity index (χ1v) is 5.11. The first kappa shape index (κ1) is 11.9. The van der Waals surface area contributed by atoms with Crippen LogP contribution in [0.15, 0.2) is 30.8 Å². The van der Waals surface area contributed by atoms with Crippen LogP contribution in [0.3, 0.4) is 0 Å². The van der Waals surface area contributed by atoms with E-state index in [2.05, 4.69) is 13.5 Å². The lowest BCUT2D eigenvalue weighted by Gasteiger charge is -2.14. The molecule has 15 heavy (non-hydrogen) atoms. The van der Waals surface area contributed by atoms with Crippen molar-refractivity contribution in [3.8, 4) is 0 Å². The molecule has 0 aliphatic heterocycles. The maximum absolute atomic E-state index is 13.0. The monoisotopic (exact) mass is 210 g/mol. The van der Waals surface area contributed by atoms with Crippen LogP contribution in [0.4, 0.5) is 8.78 Å². The Bertz CT molecular complexity index is 331. The molecule has 0 heterocycles. The smallest absolute Gasteiger partial charge is 0.202 e. The maximum atomic E-state index is 13.0. The fourth-order valence-electron chi connectivity index (χ4n) is 1.41. The van der Waals surface area contributed by atoms with Crippen molar-refractivity contribution in [2.45, 2.75) is 32.6 Å². The van der Waals surface area contributed by atoms with Gasteiger partial charge >= 0.3 is 0 Å². The van der Waals surface area contributed by atoms with Gasteiger partial charge in [0.15, 0.2) is 0 Å². The molecule has 0 nitrogen and oxygen atoms in total. The molecule has 0 amide bonds. The Morgan fingerprint density at radius 2 is 1.80 bits per heavy atom. The topological polar surface area (TPSA) is 0 Å². The van der Waals surface area contributed by atoms with Gasteiger partial charge in [-0.05, 0) is 17.5 Å². The SMILES string of the molecule is C=C(c1ccc(CCC)cc1)C(C)(F)F. The Morgan fingerprint density at radius 3 is 2.20 bits per heavy atom. The second kappa shape index (κ2) is 4.56. The van der Waals surface area contributed by atoms with Gasteiger partial charge in [-0.15, -0.1) is 0 Å². The number of rotatable bonds is 4. The van der Waals surface area contributed by atoms with Crippen LogP contribution in [-0.2, 0) is 6.42 Å². The van der Waals surface area contributed by atoms with Crippen LogP contribution in [-0.4, -0.2) is 5.92 Å². The molecule has 0 aromatic heterocycles. The molecule has 0 bridgehead atoms. The molecule has 1 aromatic rings. The van der Waals surface area contributed by atoms with E-state index in [0.717, 1.165) is 19.8 Å². The molecule has 0 N–H and O–H groups in total. The number of alkyl halides is 2. The highest BCUT2D eigenvalue weighted by Crippen LogP contribution is 2.30. The molecular weight excluding hydrogens is 194 g/mol. The van der Waals surface area contributed by atoms with Crippen molar-refractivity contribution in [1.29, 1.82) is 0 Å². The van der Waals surface area contributed by atoms with Crippen LogP contribution in [0.5, 0.6) is 0 Å². The van der Waals surface area contributed by atoms with Gasteiger partial charge in [0.25, 0.3) is 5.92 Å². The molecule has 0 saturated carbocycles. The van der Waals surface area contributed by atoms with Crippen molar-refractivity contribution in [3.63, 3.8) is 0 Å². The van der Waals surface area contributed by atoms with Crippen molar-refractivity contribution in [3.05, 3.63) is 42.0 Å². The Balaban J connectivity index is 2.85. The van der Waals surface area contributed by atoms with E-state index in [1.807, 2.05) is 12.1 Å². The largest absolute Gasteiger partial charge is 0.270 e. The van der Waals surface area contributed by atoms with Gasteiger partial charge in [-0.2, -0.15) is 0 Å². The van der Waals surface area contributed by atoms with E-state index in [1.165, 1.54) is 5.56 Å². The van der Waals surface area contributed by atoms with Gasteiger partial charge in [-0.3, -0.25) is 0 Å². The number of allylic oxidation sites excluding steroid dienone is 1. The standard InChI is InChI=1S/C13H16F2/c1-4-5-11-6-8-12(9-7-11)10(2)13(3,14)15/h6-9H,2,4-5H2,1,3H3. The third kappa shape index (κ3) is 3.15. The molecule has 0 saturated heterocycles. The van der Waals surface area contributed by atoms with Gasteiger partial charge in [0.05, 0.1) is 0 Å². The van der Waals surface area contributed by atoms with Crippen LogP contribution >= 0.6 is 0 Å². The molecule has 0 atom stereocenters. The molecule has 0 fully saturated rings. The third-order valence-corrected chi connectivity index (χ3v) is 2.37. The molecule has 1 rings (SSSR count). The Morgan fingerprint density at radius 1 is 1.27 bits per heavy atom. The zero-order valence-electron chi connectivity index (χ0n) is 9.19. The van der Waals surface area contributed by atoms with E-state index in [9.17, 15) is 8.78 Å². The van der Waals surface area contributed by atoms with Crippen molar-refractivity contribution in [1.82, 2.24) is 0 Å². The zero-order valence-corrected chi connectivity index (χ0v) is 9.19. The normalized spacial score (nSPS) is 11.5. The van der Waals surface area contributed by atoms with Crippen molar-refractivity contribution >= 4 is 5.57 Å². The predicted octanol–water partition coefficient (Wildman–Crippen LogP) is 4.31. The van der Waals surface area contributed by atoms with Crippen molar-refractivity contribution < 1.29 is 8.78 Å². The fourth-order valence-corrected chi connectivity index (χ4v) is 1.41. The number of aryl methyl sites for hydroxylation is 1. The minimum Gasteiger partial charge on any atom is -0.202 e. The van der Waals surface area contributed by atoms with Crippen molar-refractivity contribution in [2.75, 3.05) is 0 Å². The minimum atomic E-state index is -2.84. The summed E-state index contributed by atoms with van der Waals surface area (Å²) < 4.78 is 25.9. The van der Waals surface area contributed by atoms with Crippen LogP contribution in [0.25, 0.3) is 5.57 Å². The maximum Gasteiger partial charge on any atom is 0.270 e. The minimum absolute atomic E-state index is 0.120. The van der Waals surface area contributed by atoms with E-state index in [0.29, 0.717) is 5.56 Å². The molecule has 0 spiro atoms. The highest BCUT2D eigenvalue weighted by atomic mass is 19.3. The summed E-state index contributed by atoms with van der Waals surface area (Å²) in [7, 11) is 0. The average molecular weight is 210 g/mol. The van der Waals surface area contributed by atoms with Gasteiger partial charge in [-0.25, -0.2) is 8.78 Å². The number of halogens is 2. The van der Waals surface area contributed by atoms with Crippen molar-refractivity contribution in [2.24, 2.45) is 0 Å². The zero-order chi connectivity index (χ0) is 11.5. The molecule has 0 aliphatic rings. The summed E-state index contributed by atoms with van der Waals surface area (Å²) in [5, 5.41) is 0. The van der Waals surface area contributed by atoms with E-state index in [4.69, 9.17) is 0 Å². The van der Waals surface area contributed by atoms with Crippen LogP contribution in [0.1, 0.15) is 31.4 Å². The Kier molecular flexibility index (Phi) is 3.61. The lowest BCUT2D eigenvalue weighted by molar-refractivity contribution is 0.0896. The first-order chi connectivity index (χ1) is 6.95. The van der Waals surface area contributed by atoms with E-state index in [1.54, 1.807) is 12.1 Å². The number of hydrogen-bond acceptors (Lipinski definition) is 0. The predicted molar refractivity (Wildman–Crippen MR) is 60.1 cm³/mol. The van der Waals surface area contributed by atoms with E-state index < -0.39 is 5.92 Å². The second-order valence-electron chi connectivity index (χ2n) is 3.81. The molecule has 0 radical (unpaired) electrons. The van der Waals surface area contributed by atoms with Gasteiger partial charge in [0.1, 0.15) is 0 Å². The fraction of sp³-hybridized carbons (Fsp3) is 0.385. The summed E-state index contributed by atoms with van der Waals surface area (Å²) in [6.07, 6.45) is 2.04. The molecule has 0 unspecified atom stereocenters. The summed E-state index contributed by atoms with van der Waals surface area (Å²) in [5.74, 6) is -2.84. The van der Waals surface area contributed by atoms with Crippen LogP contribution < -0.4 is 0 Å². The Hall–Kier alpha value is -1.18. The highest BCUT2D eigenvalue weighted by Gasteiger charge is 2.26. The quantitative estimate of drug-likeness (QED) is 0.694. The first-order valence-electron chi connectivity index (χ1n) is 5.11. The summed E-state index contributed by atoms with van der Waals surface area (Å²) in [4.78, 5) is 0. The number of hydrogen-bond donors (Lipinski definition) is 0. The average Bonchev–Trinajstić information content (AvgIpc) is 2.17. The van der Waals surface area contributed by atoms with Crippen LogP contribution in [0.2, 0.25) is 0 Å². The van der Waals surface area contributed by atoms with E-state index >= 15 is 0 Å². The molecule has 82 valence electrons. The lowest BCUT2D eigenvalue weighted by Crippen LogP contribution is -2.11. The molecule has 0 aliphatic carbocycles. The molecule has 2 heteroatoms. The summed E-state index contributed by atoms with van der Waals surface area (Å²) in [6, 6.07) is 7.20. The van der Waals surface area contributed by atoms with Gasteiger partial charge in [0.2, 0.25) is 0 Å². The lowest BCUT2D eigenvalue weighted by atomic mass is 10.00. The Labute approximate surface area is 89.6 Å². The highest BCUT2D eigenvalue weighted by molar-refractivity contribution is 5.68. The molecular formula is C13H16F2. The summed E-state index contributed by atoms with van der Waals surface area (Å²) >= 11 is 0. The van der Waals surface area contributed by atoms with Gasteiger partial charge in [0, 0.05) is 12.5 Å². The number of benzene rings is 1. The van der Waals surface area contributed by atoms with Crippen LogP contribution in [0, 0.1) is 0 Å². The van der Waals surface area contributed by atoms with Gasteiger partial charge < -0.3 is 0 Å².